The molecule has 0 fully saturated rings. The highest BCUT2D eigenvalue weighted by molar-refractivity contribution is 7.92. The zero-order valence-corrected chi connectivity index (χ0v) is 20.6. The van der Waals surface area contributed by atoms with E-state index in [4.69, 9.17) is 4.74 Å². The number of nitrogens with one attached hydrogen (secondary N) is 4. The van der Waals surface area contributed by atoms with Crippen LogP contribution in [0.3, 0.4) is 0 Å². The molecule has 0 saturated heterocycles. The van der Waals surface area contributed by atoms with Gasteiger partial charge in [-0.3, -0.25) is 10.2 Å². The Morgan fingerprint density at radius 1 is 0.944 bits per heavy atom. The Kier molecular flexibility index (Phi) is 7.25. The molecular weight excluding hydrogens is 480 g/mol. The predicted molar refractivity (Wildman–Crippen MR) is 137 cm³/mol. The van der Waals surface area contributed by atoms with Crippen LogP contribution in [0.2, 0.25) is 0 Å². The first kappa shape index (κ1) is 24.8. The number of amides is 3. The number of H-pyrrole nitrogens is 1. The first-order valence-electron chi connectivity index (χ1n) is 11.1. The molecule has 186 valence electrons. The van der Waals surface area contributed by atoms with Crippen LogP contribution in [0.5, 0.6) is 5.75 Å². The van der Waals surface area contributed by atoms with Crippen molar-refractivity contribution in [2.45, 2.75) is 23.5 Å². The van der Waals surface area contributed by atoms with E-state index in [9.17, 15) is 18.0 Å². The molecule has 4 rings (SSSR count). The van der Waals surface area contributed by atoms with Crippen molar-refractivity contribution < 1.29 is 22.7 Å². The first-order chi connectivity index (χ1) is 17.3. The summed E-state index contributed by atoms with van der Waals surface area (Å²) in [5.74, 6) is -0.235. The molecule has 4 N–H and O–H groups in total. The molecule has 0 spiro atoms. The van der Waals surface area contributed by atoms with Crippen LogP contribution in [-0.2, 0) is 21.1 Å². The van der Waals surface area contributed by atoms with Crippen molar-refractivity contribution in [3.63, 3.8) is 0 Å². The van der Waals surface area contributed by atoms with Gasteiger partial charge in [0, 0.05) is 29.2 Å². The Labute approximate surface area is 208 Å². The molecule has 1 atom stereocenters. The van der Waals surface area contributed by atoms with Crippen LogP contribution in [-0.4, -0.2) is 37.7 Å². The van der Waals surface area contributed by atoms with E-state index in [-0.39, 0.29) is 11.3 Å². The van der Waals surface area contributed by atoms with Crippen LogP contribution in [0.4, 0.5) is 10.5 Å². The van der Waals surface area contributed by atoms with Gasteiger partial charge in [-0.25, -0.2) is 18.6 Å². The molecule has 0 aliphatic carbocycles. The molecule has 0 saturated carbocycles. The van der Waals surface area contributed by atoms with E-state index in [0.29, 0.717) is 17.0 Å². The van der Waals surface area contributed by atoms with Crippen molar-refractivity contribution in [2.24, 2.45) is 0 Å². The molecular formula is C26H26N4O5S. The molecule has 1 heterocycles. The number of anilines is 1. The number of rotatable bonds is 7. The highest BCUT2D eigenvalue weighted by Crippen LogP contribution is 2.25. The van der Waals surface area contributed by atoms with Gasteiger partial charge in [-0.05, 0) is 55.0 Å². The van der Waals surface area contributed by atoms with Crippen molar-refractivity contribution in [3.05, 3.63) is 90.1 Å². The molecule has 10 heteroatoms. The van der Waals surface area contributed by atoms with Gasteiger partial charge in [0.05, 0.1) is 12.0 Å². The molecule has 9 nitrogen and oxygen atoms in total. The molecule has 0 aliphatic rings. The second kappa shape index (κ2) is 10.5. The summed E-state index contributed by atoms with van der Waals surface area (Å²) < 4.78 is 32.1. The van der Waals surface area contributed by atoms with Gasteiger partial charge in [0.2, 0.25) is 0 Å². The fourth-order valence-corrected chi connectivity index (χ4v) is 5.36. The lowest BCUT2D eigenvalue weighted by Gasteiger charge is -2.18. The van der Waals surface area contributed by atoms with Gasteiger partial charge in [-0.15, -0.1) is 0 Å². The maximum Gasteiger partial charge on any atom is 0.337 e. The monoisotopic (exact) mass is 506 g/mol. The highest BCUT2D eigenvalue weighted by Gasteiger charge is 2.35. The fourth-order valence-electron chi connectivity index (χ4n) is 3.77. The number of urea groups is 1. The van der Waals surface area contributed by atoms with Crippen LogP contribution in [0, 0.1) is 6.92 Å². The van der Waals surface area contributed by atoms with E-state index in [2.05, 4.69) is 21.2 Å². The molecule has 1 unspecified atom stereocenters. The predicted octanol–water partition coefficient (Wildman–Crippen LogP) is 3.72. The summed E-state index contributed by atoms with van der Waals surface area (Å²) in [5, 5.41) is 1.89. The third-order valence-electron chi connectivity index (χ3n) is 5.74. The SMILES string of the molecule is COc1ccc(NC(=O)NNC(=O)C(Cc2c[nH]c3ccccc23)S(=O)(=O)c2ccc(C)cc2)cc1. The summed E-state index contributed by atoms with van der Waals surface area (Å²) in [6, 6.07) is 19.6. The number of para-hydroxylation sites is 1. The van der Waals surface area contributed by atoms with Crippen LogP contribution in [0.25, 0.3) is 10.9 Å². The fraction of sp³-hybridized carbons (Fsp3) is 0.154. The lowest BCUT2D eigenvalue weighted by Crippen LogP contribution is -2.50. The zero-order valence-electron chi connectivity index (χ0n) is 19.7. The number of hydrogen-bond acceptors (Lipinski definition) is 5. The number of hydrazine groups is 1. The van der Waals surface area contributed by atoms with Crippen molar-refractivity contribution in [1.29, 1.82) is 0 Å². The molecule has 36 heavy (non-hydrogen) atoms. The minimum Gasteiger partial charge on any atom is -0.497 e. The van der Waals surface area contributed by atoms with Gasteiger partial charge in [-0.2, -0.15) is 0 Å². The van der Waals surface area contributed by atoms with E-state index in [1.54, 1.807) is 42.6 Å². The van der Waals surface area contributed by atoms with Crippen LogP contribution in [0.15, 0.2) is 83.9 Å². The summed E-state index contributed by atoms with van der Waals surface area (Å²) in [6.07, 6.45) is 1.60. The second-order valence-electron chi connectivity index (χ2n) is 8.21. The van der Waals surface area contributed by atoms with Gasteiger partial charge < -0.3 is 15.0 Å². The van der Waals surface area contributed by atoms with Crippen molar-refractivity contribution >= 4 is 38.4 Å². The summed E-state index contributed by atoms with van der Waals surface area (Å²) in [5.41, 5.74) is 7.35. The van der Waals surface area contributed by atoms with Crippen molar-refractivity contribution in [1.82, 2.24) is 15.8 Å². The number of aromatic amines is 1. The standard InChI is InChI=1S/C26H26N4O5S/c1-17-7-13-21(14-8-17)36(33,34)24(15-18-16-27-23-6-4-3-5-22(18)23)25(31)29-30-26(32)28-19-9-11-20(35-2)12-10-19/h3-14,16,24,27H,15H2,1-2H3,(H,29,31)(H2,28,30,32). The van der Waals surface area contributed by atoms with Crippen LogP contribution < -0.4 is 20.9 Å². The number of ether oxygens (including phenoxy) is 1. The van der Waals surface area contributed by atoms with E-state index in [1.807, 2.05) is 31.2 Å². The molecule has 0 radical (unpaired) electrons. The summed E-state index contributed by atoms with van der Waals surface area (Å²) in [6.45, 7) is 1.85. The molecule has 1 aromatic heterocycles. The third-order valence-corrected chi connectivity index (χ3v) is 7.80. The minimum atomic E-state index is -4.09. The summed E-state index contributed by atoms with van der Waals surface area (Å²) >= 11 is 0. The Morgan fingerprint density at radius 2 is 1.64 bits per heavy atom. The first-order valence-corrected chi connectivity index (χ1v) is 12.7. The topological polar surface area (TPSA) is 129 Å². The molecule has 0 aliphatic heterocycles. The third kappa shape index (κ3) is 5.49. The average molecular weight is 507 g/mol. The van der Waals surface area contributed by atoms with Gasteiger partial charge in [-0.1, -0.05) is 35.9 Å². The number of aromatic nitrogens is 1. The Morgan fingerprint density at radius 3 is 2.33 bits per heavy atom. The zero-order chi connectivity index (χ0) is 25.7. The smallest absolute Gasteiger partial charge is 0.337 e. The van der Waals surface area contributed by atoms with Gasteiger partial charge in [0.25, 0.3) is 5.91 Å². The van der Waals surface area contributed by atoms with Gasteiger partial charge >= 0.3 is 6.03 Å². The Balaban J connectivity index is 1.54. The van der Waals surface area contributed by atoms with Crippen molar-refractivity contribution in [3.8, 4) is 5.75 Å². The maximum atomic E-state index is 13.5. The number of aryl methyl sites for hydroxylation is 1. The number of carbonyl (C=O) groups is 2. The van der Waals surface area contributed by atoms with E-state index in [1.165, 1.54) is 19.2 Å². The lowest BCUT2D eigenvalue weighted by molar-refractivity contribution is -0.121. The van der Waals surface area contributed by atoms with Gasteiger partial charge in [0.15, 0.2) is 9.84 Å². The number of benzene rings is 3. The largest absolute Gasteiger partial charge is 0.497 e. The number of sulfone groups is 1. The Hall–Kier alpha value is -4.31. The number of hydrogen-bond donors (Lipinski definition) is 4. The average Bonchev–Trinajstić information content (AvgIpc) is 3.29. The van der Waals surface area contributed by atoms with Crippen molar-refractivity contribution in [2.75, 3.05) is 12.4 Å². The lowest BCUT2D eigenvalue weighted by atomic mass is 10.1. The Bertz CT molecular complexity index is 1480. The van der Waals surface area contributed by atoms with E-state index in [0.717, 1.165) is 16.5 Å². The van der Waals surface area contributed by atoms with E-state index >= 15 is 0 Å². The maximum absolute atomic E-state index is 13.5. The molecule has 0 bridgehead atoms. The number of carbonyl (C=O) groups excluding carboxylic acids is 2. The number of fused-ring (bicyclic) bond motifs is 1. The normalized spacial score (nSPS) is 12.1. The number of methoxy groups -OCH3 is 1. The molecule has 3 amide bonds. The molecule has 3 aromatic carbocycles. The van der Waals surface area contributed by atoms with Crippen LogP contribution >= 0.6 is 0 Å². The second-order valence-corrected chi connectivity index (χ2v) is 10.3. The quantitative estimate of drug-likeness (QED) is 0.284. The summed E-state index contributed by atoms with van der Waals surface area (Å²) in [7, 11) is -2.56. The highest BCUT2D eigenvalue weighted by atomic mass is 32.2. The van der Waals surface area contributed by atoms with E-state index < -0.39 is 27.0 Å². The van der Waals surface area contributed by atoms with Crippen LogP contribution in [0.1, 0.15) is 11.1 Å². The van der Waals surface area contributed by atoms with Gasteiger partial charge in [0.1, 0.15) is 11.0 Å². The minimum absolute atomic E-state index is 0.0239. The molecule has 4 aromatic rings. The summed E-state index contributed by atoms with van der Waals surface area (Å²) in [4.78, 5) is 28.6.